The van der Waals surface area contributed by atoms with Crippen molar-refractivity contribution in [1.29, 1.82) is 0 Å². The number of alkyl carbamates (subject to hydrolysis) is 1. The average molecular weight is 564 g/mol. The molecule has 0 aromatic heterocycles. The summed E-state index contributed by atoms with van der Waals surface area (Å²) in [4.78, 5) is 83.2. The minimum absolute atomic E-state index is 0.116. The zero-order valence-corrected chi connectivity index (χ0v) is 22.0. The summed E-state index contributed by atoms with van der Waals surface area (Å²) < 4.78 is 5.00. The van der Waals surface area contributed by atoms with E-state index in [0.29, 0.717) is 0 Å². The minimum atomic E-state index is -2.02. The molecule has 0 aromatic rings. The number of nitrogens with one attached hydrogen (secondary N) is 4. The molecule has 39 heavy (non-hydrogen) atoms. The molecule has 10 N–H and O–H groups in total. The van der Waals surface area contributed by atoms with E-state index in [-0.39, 0.29) is 19.3 Å². The number of carbonyl (C=O) groups excluding carboxylic acids is 6. The van der Waals surface area contributed by atoms with Gasteiger partial charge in [-0.2, -0.15) is 0 Å². The van der Waals surface area contributed by atoms with Gasteiger partial charge in [0.25, 0.3) is 0 Å². The summed E-state index contributed by atoms with van der Waals surface area (Å²) in [7, 11) is 0. The Labute approximate surface area is 223 Å². The molecule has 7 atom stereocenters. The first-order valence-corrected chi connectivity index (χ1v) is 11.9. The highest BCUT2D eigenvalue weighted by Crippen LogP contribution is 2.12. The van der Waals surface area contributed by atoms with E-state index >= 15 is 0 Å². The number of ketones is 1. The molecule has 0 aliphatic rings. The highest BCUT2D eigenvalue weighted by molar-refractivity contribution is 5.91. The van der Waals surface area contributed by atoms with E-state index in [0.717, 1.165) is 13.8 Å². The molecule has 17 heteroatoms. The van der Waals surface area contributed by atoms with E-state index < -0.39 is 90.6 Å². The number of aliphatic hydroxyl groups excluding tert-OH is 3. The molecule has 0 aromatic carbocycles. The van der Waals surface area contributed by atoms with E-state index in [9.17, 15) is 43.8 Å². The number of hydrogen-bond donors (Lipinski definition) is 9. The Kier molecular flexibility index (Phi) is 15.2. The number of aliphatic carboxylic acids is 1. The highest BCUT2D eigenvalue weighted by atomic mass is 16.6. The minimum Gasteiger partial charge on any atom is -0.480 e. The summed E-state index contributed by atoms with van der Waals surface area (Å²) in [6, 6.07) is -5.53. The lowest BCUT2D eigenvalue weighted by atomic mass is 9.98. The number of hydrogen-bond acceptors (Lipinski definition) is 11. The number of carboxylic acid groups (broad SMARTS) is 1. The number of amides is 5. The quantitative estimate of drug-likeness (QED) is 0.0818. The van der Waals surface area contributed by atoms with Crippen molar-refractivity contribution in [2.75, 3.05) is 6.61 Å². The van der Waals surface area contributed by atoms with Crippen LogP contribution in [-0.4, -0.2) is 111 Å². The van der Waals surface area contributed by atoms with Crippen molar-refractivity contribution in [2.24, 2.45) is 5.73 Å². The second kappa shape index (κ2) is 16.9. The molecule has 0 fully saturated rings. The van der Waals surface area contributed by atoms with Gasteiger partial charge < -0.3 is 52.2 Å². The maximum atomic E-state index is 12.5. The summed E-state index contributed by atoms with van der Waals surface area (Å²) in [5, 5.41) is 46.9. The van der Waals surface area contributed by atoms with Crippen LogP contribution < -0.4 is 27.0 Å². The molecule has 0 spiro atoms. The van der Waals surface area contributed by atoms with Gasteiger partial charge in [-0.05, 0) is 26.7 Å². The van der Waals surface area contributed by atoms with E-state index in [1.807, 2.05) is 0 Å². The highest BCUT2D eigenvalue weighted by Gasteiger charge is 2.39. The summed E-state index contributed by atoms with van der Waals surface area (Å²) in [5.41, 5.74) is 5.26. The maximum absolute atomic E-state index is 12.5. The molecular formula is C22H37N5O12. The third-order valence-corrected chi connectivity index (χ3v) is 5.38. The number of carboxylic acids is 1. The molecule has 0 heterocycles. The van der Waals surface area contributed by atoms with Crippen molar-refractivity contribution in [1.82, 2.24) is 21.3 Å². The summed E-state index contributed by atoms with van der Waals surface area (Å²) in [6.07, 6.45) is -7.67. The molecule has 0 saturated heterocycles. The number of nitrogens with two attached hydrogens (primary N) is 1. The first-order chi connectivity index (χ1) is 18.0. The van der Waals surface area contributed by atoms with Gasteiger partial charge in [0.05, 0.1) is 6.61 Å². The van der Waals surface area contributed by atoms with Gasteiger partial charge in [-0.1, -0.05) is 6.92 Å². The fraction of sp³-hybridized carbons (Fsp3) is 0.682. The Hall–Kier alpha value is -3.83. The zero-order valence-electron chi connectivity index (χ0n) is 22.0. The van der Waals surface area contributed by atoms with Crippen molar-refractivity contribution < 1.29 is 58.7 Å². The van der Waals surface area contributed by atoms with Gasteiger partial charge in [0, 0.05) is 13.3 Å². The third-order valence-electron chi connectivity index (χ3n) is 5.38. The largest absolute Gasteiger partial charge is 0.480 e. The number of carbonyl (C=O) groups is 7. The van der Waals surface area contributed by atoms with Gasteiger partial charge >= 0.3 is 12.1 Å². The number of rotatable bonds is 17. The number of Topliss-reactive ketones (excluding diaryl/α,β-unsaturated/α-hetero) is 1. The normalized spacial score (nSPS) is 16.2. The van der Waals surface area contributed by atoms with Crippen LogP contribution in [-0.2, 0) is 33.5 Å². The van der Waals surface area contributed by atoms with Gasteiger partial charge in [0.15, 0.2) is 11.9 Å². The Morgan fingerprint density at radius 2 is 1.51 bits per heavy atom. The van der Waals surface area contributed by atoms with Crippen molar-refractivity contribution in [3.63, 3.8) is 0 Å². The number of aliphatic hydroxyl groups is 3. The predicted octanol–water partition coefficient (Wildman–Crippen LogP) is -3.99. The average Bonchev–Trinajstić information content (AvgIpc) is 2.84. The van der Waals surface area contributed by atoms with Crippen LogP contribution in [0.3, 0.4) is 0 Å². The Morgan fingerprint density at radius 3 is 1.95 bits per heavy atom. The molecular weight excluding hydrogens is 526 g/mol. The Bertz CT molecular complexity index is 914. The lowest BCUT2D eigenvalue weighted by molar-refractivity contribution is -0.142. The van der Waals surface area contributed by atoms with E-state index in [1.54, 1.807) is 6.92 Å². The second-order valence-corrected chi connectivity index (χ2v) is 8.63. The fourth-order valence-electron chi connectivity index (χ4n) is 3.16. The molecule has 5 amide bonds. The molecule has 0 aliphatic heterocycles. The maximum Gasteiger partial charge on any atom is 0.408 e. The van der Waals surface area contributed by atoms with E-state index in [1.165, 1.54) is 6.92 Å². The van der Waals surface area contributed by atoms with Crippen LogP contribution in [0.1, 0.15) is 47.0 Å². The zero-order chi connectivity index (χ0) is 30.4. The SMILES string of the molecule is CCC(NC(=O)CCC(NC(=O)C(C)NC(=O)O[C@@H]([C@H](O)[C@H](O)CO)[C@@H](NC(C)=O)C(C)=O)C(N)=O)C(=O)O. The monoisotopic (exact) mass is 563 g/mol. The van der Waals surface area contributed by atoms with Gasteiger partial charge in [0.2, 0.25) is 23.6 Å². The van der Waals surface area contributed by atoms with E-state index in [2.05, 4.69) is 21.3 Å². The van der Waals surface area contributed by atoms with Crippen LogP contribution in [0.15, 0.2) is 0 Å². The molecule has 3 unspecified atom stereocenters. The first-order valence-electron chi connectivity index (χ1n) is 11.9. The van der Waals surface area contributed by atoms with Crippen LogP contribution >= 0.6 is 0 Å². The third kappa shape index (κ3) is 12.5. The first kappa shape index (κ1) is 35.2. The summed E-state index contributed by atoms with van der Waals surface area (Å²) >= 11 is 0. The van der Waals surface area contributed by atoms with Crippen LogP contribution in [0.5, 0.6) is 0 Å². The standard InChI is InChI=1S/C22H37N5O12/c1-5-12(21(36)37)26-15(32)7-6-13(19(23)34)27-20(35)9(2)24-22(38)39-18(17(33)14(31)8-28)16(10(3)29)25-11(4)30/h9,12-14,16-18,28,31,33H,5-8H2,1-4H3,(H2,23,34)(H,24,38)(H,25,30)(H,26,32)(H,27,35)(H,36,37)/t9?,12?,13?,14-,16+,17-,18-/m1/s1. The molecule has 222 valence electrons. The van der Waals surface area contributed by atoms with Crippen molar-refractivity contribution in [3.05, 3.63) is 0 Å². The Morgan fingerprint density at radius 1 is 0.923 bits per heavy atom. The van der Waals surface area contributed by atoms with Crippen molar-refractivity contribution in [2.45, 2.75) is 89.4 Å². The van der Waals surface area contributed by atoms with Crippen molar-refractivity contribution >= 4 is 41.5 Å². The topological polar surface area (TPSA) is 284 Å². The van der Waals surface area contributed by atoms with Crippen LogP contribution in [0.2, 0.25) is 0 Å². The Balaban J connectivity index is 5.33. The summed E-state index contributed by atoms with van der Waals surface area (Å²) in [5.74, 6) is -5.41. The van der Waals surface area contributed by atoms with Gasteiger partial charge in [-0.3, -0.25) is 24.0 Å². The fourth-order valence-corrected chi connectivity index (χ4v) is 3.16. The van der Waals surface area contributed by atoms with Crippen LogP contribution in [0, 0.1) is 0 Å². The van der Waals surface area contributed by atoms with Gasteiger partial charge in [-0.15, -0.1) is 0 Å². The van der Waals surface area contributed by atoms with Gasteiger partial charge in [-0.25, -0.2) is 9.59 Å². The van der Waals surface area contributed by atoms with E-state index in [4.69, 9.17) is 20.7 Å². The second-order valence-electron chi connectivity index (χ2n) is 8.63. The smallest absolute Gasteiger partial charge is 0.408 e. The predicted molar refractivity (Wildman–Crippen MR) is 130 cm³/mol. The number of ether oxygens (including phenoxy) is 1. The molecule has 0 bridgehead atoms. The van der Waals surface area contributed by atoms with Gasteiger partial charge in [0.1, 0.15) is 36.4 Å². The number of primary amides is 1. The van der Waals surface area contributed by atoms with Crippen LogP contribution in [0.25, 0.3) is 0 Å². The molecule has 0 saturated carbocycles. The molecule has 0 rings (SSSR count). The molecule has 0 aliphatic carbocycles. The molecule has 0 radical (unpaired) electrons. The lowest BCUT2D eigenvalue weighted by Crippen LogP contribution is -2.58. The lowest BCUT2D eigenvalue weighted by Gasteiger charge is -2.31. The van der Waals surface area contributed by atoms with Crippen molar-refractivity contribution in [3.8, 4) is 0 Å². The molecule has 17 nitrogen and oxygen atoms in total. The summed E-state index contributed by atoms with van der Waals surface area (Å²) in [6.45, 7) is 3.79. The van der Waals surface area contributed by atoms with Crippen LogP contribution in [0.4, 0.5) is 4.79 Å².